The molecule has 5 heteroatoms. The number of carbonyl (C=O) groups excluding carboxylic acids is 1. The first-order chi connectivity index (χ1) is 9.63. The first-order valence-electron chi connectivity index (χ1n) is 6.72. The first kappa shape index (κ1) is 14.9. The Morgan fingerprint density at radius 3 is 2.85 bits per heavy atom. The van der Waals surface area contributed by atoms with Crippen molar-refractivity contribution in [3.63, 3.8) is 0 Å². The normalized spacial score (nSPS) is 11.2. The molecule has 0 atom stereocenters. The van der Waals surface area contributed by atoms with E-state index in [1.54, 1.807) is 11.8 Å². The van der Waals surface area contributed by atoms with E-state index >= 15 is 0 Å². The number of amides is 1. The summed E-state index contributed by atoms with van der Waals surface area (Å²) in [5.74, 6) is 8.09. The van der Waals surface area contributed by atoms with Crippen molar-refractivity contribution in [3.8, 4) is 0 Å². The van der Waals surface area contributed by atoms with E-state index in [0.29, 0.717) is 23.0 Å². The molecule has 108 valence electrons. The summed E-state index contributed by atoms with van der Waals surface area (Å²) in [5, 5.41) is 0.815. The Morgan fingerprint density at radius 2 is 2.15 bits per heavy atom. The van der Waals surface area contributed by atoms with Gasteiger partial charge in [0.25, 0.3) is 5.91 Å². The maximum atomic E-state index is 11.9. The molecule has 0 spiro atoms. The molecule has 0 saturated heterocycles. The second-order valence-electron chi connectivity index (χ2n) is 5.10. The minimum absolute atomic E-state index is 0.297. The van der Waals surface area contributed by atoms with Gasteiger partial charge in [0.05, 0.1) is 11.3 Å². The Bertz CT molecular complexity index is 593. The average molecular weight is 292 g/mol. The van der Waals surface area contributed by atoms with E-state index < -0.39 is 0 Å². The highest BCUT2D eigenvalue weighted by Crippen LogP contribution is 2.29. The molecule has 1 aromatic heterocycles. The van der Waals surface area contributed by atoms with Gasteiger partial charge in [0, 0.05) is 5.39 Å². The molecule has 0 aliphatic rings. The van der Waals surface area contributed by atoms with Gasteiger partial charge in [0.1, 0.15) is 11.3 Å². The number of rotatable bonds is 6. The maximum absolute atomic E-state index is 11.9. The van der Waals surface area contributed by atoms with Gasteiger partial charge in [-0.05, 0) is 24.2 Å². The van der Waals surface area contributed by atoms with Crippen molar-refractivity contribution in [2.24, 2.45) is 11.8 Å². The number of nitrogens with two attached hydrogens (primary N) is 1. The Hall–Kier alpha value is -1.46. The summed E-state index contributed by atoms with van der Waals surface area (Å²) >= 11 is 1.78. The van der Waals surface area contributed by atoms with Crippen molar-refractivity contribution in [2.45, 2.75) is 26.0 Å². The van der Waals surface area contributed by atoms with E-state index in [9.17, 15) is 4.79 Å². The fraction of sp³-hybridized carbons (Fsp3) is 0.400. The molecule has 0 unspecified atom stereocenters. The Morgan fingerprint density at radius 1 is 1.40 bits per heavy atom. The van der Waals surface area contributed by atoms with Crippen LogP contribution in [0.1, 0.15) is 36.4 Å². The van der Waals surface area contributed by atoms with Crippen molar-refractivity contribution in [1.82, 2.24) is 5.43 Å². The number of nitrogens with one attached hydrogen (secondary N) is 1. The fourth-order valence-corrected chi connectivity index (χ4v) is 3.17. The van der Waals surface area contributed by atoms with Gasteiger partial charge >= 0.3 is 0 Å². The molecule has 0 fully saturated rings. The highest BCUT2D eigenvalue weighted by molar-refractivity contribution is 7.98. The predicted molar refractivity (Wildman–Crippen MR) is 83.5 cm³/mol. The molecule has 2 aromatic rings. The second-order valence-corrected chi connectivity index (χ2v) is 6.21. The molecular weight excluding hydrogens is 272 g/mol. The van der Waals surface area contributed by atoms with Crippen LogP contribution in [-0.2, 0) is 5.75 Å². The number of para-hydroxylation sites is 1. The van der Waals surface area contributed by atoms with Gasteiger partial charge < -0.3 is 4.42 Å². The molecule has 3 N–H and O–H groups in total. The molecule has 0 aliphatic carbocycles. The maximum Gasteiger partial charge on any atom is 0.269 e. The van der Waals surface area contributed by atoms with Gasteiger partial charge in [-0.25, -0.2) is 5.84 Å². The van der Waals surface area contributed by atoms with Crippen LogP contribution in [0.15, 0.2) is 28.7 Å². The number of thioether (sulfide) groups is 1. The highest BCUT2D eigenvalue weighted by atomic mass is 32.2. The number of carbonyl (C=O) groups is 1. The summed E-state index contributed by atoms with van der Waals surface area (Å²) in [4.78, 5) is 11.9. The van der Waals surface area contributed by atoms with Crippen LogP contribution in [0.4, 0.5) is 0 Å². The zero-order valence-electron chi connectivity index (χ0n) is 11.8. The Balaban J connectivity index is 2.20. The molecule has 2 rings (SSSR count). The summed E-state index contributed by atoms with van der Waals surface area (Å²) in [5.41, 5.74) is 3.48. The minimum atomic E-state index is -0.297. The van der Waals surface area contributed by atoms with Gasteiger partial charge in [-0.3, -0.25) is 10.2 Å². The van der Waals surface area contributed by atoms with Crippen LogP contribution in [0.2, 0.25) is 0 Å². The number of hydrazine groups is 1. The topological polar surface area (TPSA) is 68.3 Å². The number of fused-ring (bicyclic) bond motifs is 1. The van der Waals surface area contributed by atoms with Crippen molar-refractivity contribution in [1.29, 1.82) is 0 Å². The third kappa shape index (κ3) is 3.35. The second kappa shape index (κ2) is 6.81. The standard InChI is InChI=1S/C15H20N2O2S/c1-10(2)7-8-20-9-13-14(15(18)17-16)11-5-3-4-6-12(11)19-13/h3-6,10H,7-9,16H2,1-2H3,(H,17,18). The lowest BCUT2D eigenvalue weighted by molar-refractivity contribution is 0.0953. The number of nitrogen functional groups attached to an aromatic ring is 1. The van der Waals surface area contributed by atoms with Crippen LogP contribution in [0.5, 0.6) is 0 Å². The lowest BCUT2D eigenvalue weighted by Crippen LogP contribution is -2.30. The lowest BCUT2D eigenvalue weighted by atomic mass is 10.1. The number of benzene rings is 1. The number of hydrogen-bond acceptors (Lipinski definition) is 4. The summed E-state index contributed by atoms with van der Waals surface area (Å²) in [7, 11) is 0. The minimum Gasteiger partial charge on any atom is -0.459 e. The molecule has 1 heterocycles. The van der Waals surface area contributed by atoms with Crippen LogP contribution >= 0.6 is 11.8 Å². The van der Waals surface area contributed by atoms with Gasteiger partial charge in [0.15, 0.2) is 0 Å². The van der Waals surface area contributed by atoms with Crippen molar-refractivity contribution < 1.29 is 9.21 Å². The Labute approximate surface area is 123 Å². The zero-order chi connectivity index (χ0) is 14.5. The molecule has 4 nitrogen and oxygen atoms in total. The molecular formula is C15H20N2O2S. The summed E-state index contributed by atoms with van der Waals surface area (Å²) in [6.45, 7) is 4.41. The first-order valence-corrected chi connectivity index (χ1v) is 7.88. The number of furan rings is 1. The molecule has 1 amide bonds. The largest absolute Gasteiger partial charge is 0.459 e. The van der Waals surface area contributed by atoms with Crippen LogP contribution in [0, 0.1) is 5.92 Å². The molecule has 0 aliphatic heterocycles. The van der Waals surface area contributed by atoms with Crippen LogP contribution in [-0.4, -0.2) is 11.7 Å². The van der Waals surface area contributed by atoms with Gasteiger partial charge in [-0.2, -0.15) is 11.8 Å². The van der Waals surface area contributed by atoms with Crippen molar-refractivity contribution >= 4 is 28.6 Å². The van der Waals surface area contributed by atoms with E-state index in [-0.39, 0.29) is 5.91 Å². The van der Waals surface area contributed by atoms with E-state index in [1.165, 1.54) is 0 Å². The highest BCUT2D eigenvalue weighted by Gasteiger charge is 2.19. The fourth-order valence-electron chi connectivity index (χ4n) is 2.00. The Kier molecular flexibility index (Phi) is 5.09. The van der Waals surface area contributed by atoms with Gasteiger partial charge in [-0.15, -0.1) is 0 Å². The SMILES string of the molecule is CC(C)CCSCc1oc2ccccc2c1C(=O)NN. The predicted octanol–water partition coefficient (Wildman–Crippen LogP) is 3.32. The van der Waals surface area contributed by atoms with E-state index in [0.717, 1.165) is 23.1 Å². The smallest absolute Gasteiger partial charge is 0.269 e. The average Bonchev–Trinajstić information content (AvgIpc) is 2.80. The molecule has 0 saturated carbocycles. The van der Waals surface area contributed by atoms with Crippen molar-refractivity contribution in [2.75, 3.05) is 5.75 Å². The summed E-state index contributed by atoms with van der Waals surface area (Å²) in [6, 6.07) is 7.53. The van der Waals surface area contributed by atoms with Crippen LogP contribution in [0.3, 0.4) is 0 Å². The van der Waals surface area contributed by atoms with E-state index in [4.69, 9.17) is 10.3 Å². The van der Waals surface area contributed by atoms with Crippen molar-refractivity contribution in [3.05, 3.63) is 35.6 Å². The van der Waals surface area contributed by atoms with Gasteiger partial charge in [0.2, 0.25) is 0 Å². The number of hydrogen-bond donors (Lipinski definition) is 2. The molecule has 1 aromatic carbocycles. The quantitative estimate of drug-likeness (QED) is 0.371. The molecule has 0 radical (unpaired) electrons. The van der Waals surface area contributed by atoms with E-state index in [2.05, 4.69) is 19.3 Å². The summed E-state index contributed by atoms with van der Waals surface area (Å²) in [6.07, 6.45) is 1.16. The third-order valence-corrected chi connectivity index (χ3v) is 4.09. The van der Waals surface area contributed by atoms with Crippen LogP contribution in [0.25, 0.3) is 11.0 Å². The van der Waals surface area contributed by atoms with Gasteiger partial charge in [-0.1, -0.05) is 32.0 Å². The van der Waals surface area contributed by atoms with E-state index in [1.807, 2.05) is 24.3 Å². The molecule has 0 bridgehead atoms. The zero-order valence-corrected chi connectivity index (χ0v) is 12.6. The van der Waals surface area contributed by atoms with Crippen LogP contribution < -0.4 is 11.3 Å². The molecule has 20 heavy (non-hydrogen) atoms. The lowest BCUT2D eigenvalue weighted by Gasteiger charge is -2.04. The summed E-state index contributed by atoms with van der Waals surface area (Å²) < 4.78 is 5.79. The third-order valence-electron chi connectivity index (χ3n) is 3.10. The monoisotopic (exact) mass is 292 g/mol.